The zero-order valence-corrected chi connectivity index (χ0v) is 11.0. The zero-order chi connectivity index (χ0) is 12.7. The molecule has 1 fully saturated rings. The number of carbonyl (C=O) groups is 1. The van der Waals surface area contributed by atoms with E-state index in [2.05, 4.69) is 16.7 Å². The minimum atomic E-state index is -0.296. The number of ether oxygens (including phenoxy) is 1. The zero-order valence-electron chi connectivity index (χ0n) is 11.0. The molecule has 0 aliphatic carbocycles. The minimum Gasteiger partial charge on any atom is -0.394 e. The minimum absolute atomic E-state index is 0.296. The summed E-state index contributed by atoms with van der Waals surface area (Å²) in [6.45, 7) is 6.43. The highest BCUT2D eigenvalue weighted by Gasteiger charge is 2.29. The van der Waals surface area contributed by atoms with E-state index in [9.17, 15) is 4.79 Å². The molecule has 0 radical (unpaired) electrons. The van der Waals surface area contributed by atoms with Crippen molar-refractivity contribution in [3.63, 3.8) is 0 Å². The molecule has 0 aromatic rings. The van der Waals surface area contributed by atoms with E-state index >= 15 is 0 Å². The van der Waals surface area contributed by atoms with Crippen molar-refractivity contribution >= 4 is 6.29 Å². The highest BCUT2D eigenvalue weighted by Crippen LogP contribution is 2.27. The smallest absolute Gasteiger partial charge is 0.125 e. The number of aldehydes is 1. The fraction of sp³-hybridized carbons (Fsp3) is 0.769. The first-order valence-electron chi connectivity index (χ1n) is 6.20. The fourth-order valence-corrected chi connectivity index (χ4v) is 1.76. The maximum Gasteiger partial charge on any atom is 0.125 e. The van der Waals surface area contributed by atoms with Crippen LogP contribution in [0.1, 0.15) is 20.3 Å². The first-order chi connectivity index (χ1) is 8.10. The monoisotopic (exact) mass is 240 g/mol. The Morgan fingerprint density at radius 2 is 2.18 bits per heavy atom. The van der Waals surface area contributed by atoms with Crippen LogP contribution in [0.2, 0.25) is 0 Å². The van der Waals surface area contributed by atoms with E-state index in [1.165, 1.54) is 0 Å². The van der Waals surface area contributed by atoms with Crippen LogP contribution in [0.4, 0.5) is 0 Å². The Morgan fingerprint density at radius 3 is 2.65 bits per heavy atom. The SMILES string of the molecule is CN/C=C\CC(CNC1COC1)C(C)(C)C=O. The summed E-state index contributed by atoms with van der Waals surface area (Å²) < 4.78 is 5.12. The van der Waals surface area contributed by atoms with Crippen LogP contribution in [0, 0.1) is 11.3 Å². The van der Waals surface area contributed by atoms with Crippen molar-refractivity contribution in [2.45, 2.75) is 26.3 Å². The normalized spacial score (nSPS) is 19.0. The lowest BCUT2D eigenvalue weighted by molar-refractivity contribution is -0.117. The number of rotatable bonds is 8. The van der Waals surface area contributed by atoms with Gasteiger partial charge >= 0.3 is 0 Å². The standard InChI is InChI=1S/C13H24N2O2/c1-13(2,10-16)11(5-4-6-14-3)7-15-12-8-17-9-12/h4,6,10-12,14-15H,5,7-9H2,1-3H3/b6-4-. The Balaban J connectivity index is 2.44. The Hall–Kier alpha value is -0.870. The highest BCUT2D eigenvalue weighted by atomic mass is 16.5. The van der Waals surface area contributed by atoms with Crippen molar-refractivity contribution in [3.8, 4) is 0 Å². The van der Waals surface area contributed by atoms with E-state index in [0.717, 1.165) is 32.5 Å². The summed E-state index contributed by atoms with van der Waals surface area (Å²) in [5, 5.41) is 6.42. The summed E-state index contributed by atoms with van der Waals surface area (Å²) in [5.74, 6) is 0.310. The highest BCUT2D eigenvalue weighted by molar-refractivity contribution is 5.58. The molecule has 0 spiro atoms. The molecule has 17 heavy (non-hydrogen) atoms. The van der Waals surface area contributed by atoms with Gasteiger partial charge in [-0.3, -0.25) is 0 Å². The number of hydrogen-bond donors (Lipinski definition) is 2. The second-order valence-electron chi connectivity index (χ2n) is 5.21. The van der Waals surface area contributed by atoms with E-state index in [1.807, 2.05) is 27.1 Å². The van der Waals surface area contributed by atoms with Crippen molar-refractivity contribution in [1.82, 2.24) is 10.6 Å². The van der Waals surface area contributed by atoms with Crippen LogP contribution in [0.3, 0.4) is 0 Å². The average Bonchev–Trinajstić information content (AvgIpc) is 2.24. The first kappa shape index (κ1) is 14.2. The molecule has 0 bridgehead atoms. The van der Waals surface area contributed by atoms with Gasteiger partial charge in [0.15, 0.2) is 0 Å². The van der Waals surface area contributed by atoms with Crippen LogP contribution in [0.5, 0.6) is 0 Å². The van der Waals surface area contributed by atoms with Crippen LogP contribution in [0.15, 0.2) is 12.3 Å². The topological polar surface area (TPSA) is 50.4 Å². The second kappa shape index (κ2) is 6.77. The lowest BCUT2D eigenvalue weighted by Crippen LogP contribution is -2.49. The van der Waals surface area contributed by atoms with Crippen molar-refractivity contribution in [2.24, 2.45) is 11.3 Å². The maximum absolute atomic E-state index is 11.1. The number of carbonyl (C=O) groups excluding carboxylic acids is 1. The van der Waals surface area contributed by atoms with Gasteiger partial charge in [-0.15, -0.1) is 0 Å². The molecule has 1 aliphatic rings. The molecule has 2 N–H and O–H groups in total. The molecule has 1 heterocycles. The summed E-state index contributed by atoms with van der Waals surface area (Å²) in [5.41, 5.74) is -0.296. The third-order valence-corrected chi connectivity index (χ3v) is 3.35. The number of hydrogen-bond acceptors (Lipinski definition) is 4. The molecule has 0 aromatic heterocycles. The van der Waals surface area contributed by atoms with E-state index in [0.29, 0.717) is 12.0 Å². The largest absolute Gasteiger partial charge is 0.394 e. The van der Waals surface area contributed by atoms with Crippen LogP contribution >= 0.6 is 0 Å². The summed E-state index contributed by atoms with van der Waals surface area (Å²) in [7, 11) is 1.88. The first-order valence-corrected chi connectivity index (χ1v) is 6.20. The van der Waals surface area contributed by atoms with E-state index in [4.69, 9.17) is 4.74 Å². The summed E-state index contributed by atoms with van der Waals surface area (Å²) in [6.07, 6.45) is 5.95. The van der Waals surface area contributed by atoms with Gasteiger partial charge in [0, 0.05) is 12.5 Å². The molecule has 98 valence electrons. The van der Waals surface area contributed by atoms with Crippen molar-refractivity contribution in [2.75, 3.05) is 26.8 Å². The van der Waals surface area contributed by atoms with Crippen LogP contribution in [0.25, 0.3) is 0 Å². The van der Waals surface area contributed by atoms with Crippen LogP contribution in [-0.2, 0) is 9.53 Å². The van der Waals surface area contributed by atoms with E-state index in [-0.39, 0.29) is 5.41 Å². The third kappa shape index (κ3) is 4.48. The molecule has 4 nitrogen and oxygen atoms in total. The molecule has 4 heteroatoms. The molecular weight excluding hydrogens is 216 g/mol. The van der Waals surface area contributed by atoms with Crippen LogP contribution in [-0.4, -0.2) is 39.1 Å². The van der Waals surface area contributed by atoms with E-state index < -0.39 is 0 Å². The molecule has 1 saturated heterocycles. The molecule has 0 aromatic carbocycles. The van der Waals surface area contributed by atoms with Gasteiger partial charge < -0.3 is 20.2 Å². The molecule has 1 aliphatic heterocycles. The Morgan fingerprint density at radius 1 is 1.47 bits per heavy atom. The molecular formula is C13H24N2O2. The van der Waals surface area contributed by atoms with Crippen molar-refractivity contribution in [1.29, 1.82) is 0 Å². The Bertz CT molecular complexity index is 260. The fourth-order valence-electron chi connectivity index (χ4n) is 1.76. The van der Waals surface area contributed by atoms with Gasteiger partial charge in [-0.2, -0.15) is 0 Å². The predicted octanol–water partition coefficient (Wildman–Crippen LogP) is 0.939. The maximum atomic E-state index is 11.1. The van der Waals surface area contributed by atoms with Crippen LogP contribution < -0.4 is 10.6 Å². The van der Waals surface area contributed by atoms with Gasteiger partial charge in [0.2, 0.25) is 0 Å². The Labute approximate surface area is 104 Å². The lowest BCUT2D eigenvalue weighted by atomic mass is 9.78. The summed E-state index contributed by atoms with van der Waals surface area (Å²) in [6, 6.07) is 0.466. The third-order valence-electron chi connectivity index (χ3n) is 3.35. The molecule has 1 atom stereocenters. The molecule has 0 amide bonds. The van der Waals surface area contributed by atoms with E-state index in [1.54, 1.807) is 0 Å². The van der Waals surface area contributed by atoms with Gasteiger partial charge in [-0.05, 0) is 25.1 Å². The van der Waals surface area contributed by atoms with Gasteiger partial charge in [-0.1, -0.05) is 19.9 Å². The number of nitrogens with one attached hydrogen (secondary N) is 2. The van der Waals surface area contributed by atoms with Gasteiger partial charge in [-0.25, -0.2) is 0 Å². The van der Waals surface area contributed by atoms with Gasteiger partial charge in [0.05, 0.1) is 19.3 Å². The quantitative estimate of drug-likeness (QED) is 0.620. The van der Waals surface area contributed by atoms with Gasteiger partial charge in [0.1, 0.15) is 6.29 Å². The summed E-state index contributed by atoms with van der Waals surface area (Å²) in [4.78, 5) is 11.1. The van der Waals surface area contributed by atoms with Crippen molar-refractivity contribution < 1.29 is 9.53 Å². The van der Waals surface area contributed by atoms with Gasteiger partial charge in [0.25, 0.3) is 0 Å². The predicted molar refractivity (Wildman–Crippen MR) is 68.8 cm³/mol. The lowest BCUT2D eigenvalue weighted by Gasteiger charge is -2.33. The summed E-state index contributed by atoms with van der Waals surface area (Å²) >= 11 is 0. The second-order valence-corrected chi connectivity index (χ2v) is 5.21. The number of allylic oxidation sites excluding steroid dienone is 1. The van der Waals surface area contributed by atoms with Crippen molar-refractivity contribution in [3.05, 3.63) is 12.3 Å². The molecule has 1 unspecified atom stereocenters. The average molecular weight is 240 g/mol. The Kier molecular flexibility index (Phi) is 5.65. The molecule has 1 rings (SSSR count). The molecule has 0 saturated carbocycles.